The molecule has 1 saturated heterocycles. The molecule has 2 N–H and O–H groups in total. The number of hydrazine groups is 1. The van der Waals surface area contributed by atoms with Crippen LogP contribution < -0.4 is 15.6 Å². The third-order valence-electron chi connectivity index (χ3n) is 5.01. The molecule has 1 aliphatic heterocycles. The highest BCUT2D eigenvalue weighted by atomic mass is 32.2. The van der Waals surface area contributed by atoms with Crippen molar-refractivity contribution in [3.8, 4) is 5.88 Å². The van der Waals surface area contributed by atoms with E-state index in [1.807, 2.05) is 6.92 Å². The number of ether oxygens (including phenoxy) is 1. The van der Waals surface area contributed by atoms with E-state index in [4.69, 9.17) is 4.74 Å². The maximum absolute atomic E-state index is 12.9. The van der Waals surface area contributed by atoms with E-state index in [-0.39, 0.29) is 22.9 Å². The summed E-state index contributed by atoms with van der Waals surface area (Å²) >= 11 is 0. The van der Waals surface area contributed by atoms with Gasteiger partial charge in [0.15, 0.2) is 0 Å². The van der Waals surface area contributed by atoms with Crippen LogP contribution in [-0.2, 0) is 14.8 Å². The van der Waals surface area contributed by atoms with Crippen molar-refractivity contribution in [3.05, 3.63) is 53.7 Å². The first-order valence-electron chi connectivity index (χ1n) is 10.1. The molecule has 1 aromatic carbocycles. The summed E-state index contributed by atoms with van der Waals surface area (Å²) in [5.74, 6) is -1.41. The molecule has 0 saturated carbocycles. The van der Waals surface area contributed by atoms with Gasteiger partial charge >= 0.3 is 0 Å². The number of aryl methyl sites for hydroxylation is 1. The molecule has 1 aliphatic rings. The van der Waals surface area contributed by atoms with Gasteiger partial charge in [-0.05, 0) is 51.0 Å². The molecular weight excluding hydrogens is 420 g/mol. The number of benzene rings is 1. The predicted octanol–water partition coefficient (Wildman–Crippen LogP) is 1.65. The fourth-order valence-electron chi connectivity index (χ4n) is 3.34. The predicted molar refractivity (Wildman–Crippen MR) is 114 cm³/mol. The molecule has 10 heteroatoms. The van der Waals surface area contributed by atoms with Gasteiger partial charge in [0.2, 0.25) is 21.8 Å². The van der Waals surface area contributed by atoms with E-state index in [2.05, 4.69) is 15.8 Å². The monoisotopic (exact) mass is 446 g/mol. The maximum Gasteiger partial charge on any atom is 0.275 e. The average molecular weight is 447 g/mol. The molecule has 0 bridgehead atoms. The van der Waals surface area contributed by atoms with Gasteiger partial charge < -0.3 is 4.74 Å². The van der Waals surface area contributed by atoms with E-state index < -0.39 is 27.8 Å². The molecule has 0 unspecified atom stereocenters. The molecule has 0 radical (unpaired) electrons. The lowest BCUT2D eigenvalue weighted by Gasteiger charge is -2.31. The Balaban J connectivity index is 1.62. The van der Waals surface area contributed by atoms with E-state index in [1.165, 1.54) is 16.6 Å². The number of amides is 2. The third-order valence-corrected chi connectivity index (χ3v) is 6.89. The first-order valence-corrected chi connectivity index (χ1v) is 11.5. The number of nitrogens with one attached hydrogen (secondary N) is 2. The smallest absolute Gasteiger partial charge is 0.275 e. The van der Waals surface area contributed by atoms with Crippen LogP contribution in [0, 0.1) is 12.8 Å². The lowest BCUT2D eigenvalue weighted by molar-refractivity contribution is -0.126. The van der Waals surface area contributed by atoms with Crippen LogP contribution in [0.3, 0.4) is 0 Å². The number of piperidine rings is 1. The summed E-state index contributed by atoms with van der Waals surface area (Å²) in [5.41, 5.74) is 5.91. The van der Waals surface area contributed by atoms with Crippen LogP contribution in [0.25, 0.3) is 0 Å². The van der Waals surface area contributed by atoms with Gasteiger partial charge in [0.1, 0.15) is 5.56 Å². The summed E-state index contributed by atoms with van der Waals surface area (Å²) in [6.07, 6.45) is 2.58. The summed E-state index contributed by atoms with van der Waals surface area (Å²) in [4.78, 5) is 29.2. The average Bonchev–Trinajstić information content (AvgIpc) is 2.78. The van der Waals surface area contributed by atoms with Gasteiger partial charge in [-0.1, -0.05) is 17.7 Å². The highest BCUT2D eigenvalue weighted by molar-refractivity contribution is 7.89. The Morgan fingerprint density at radius 2 is 1.94 bits per heavy atom. The number of pyridine rings is 1. The number of carbonyl (C=O) groups is 2. The molecule has 1 aromatic heterocycles. The van der Waals surface area contributed by atoms with E-state index in [9.17, 15) is 18.0 Å². The number of nitrogens with zero attached hydrogens (tertiary/aromatic N) is 2. The Morgan fingerprint density at radius 1 is 1.19 bits per heavy atom. The van der Waals surface area contributed by atoms with Gasteiger partial charge in [-0.3, -0.25) is 20.4 Å². The highest BCUT2D eigenvalue weighted by Gasteiger charge is 2.33. The van der Waals surface area contributed by atoms with E-state index in [1.54, 1.807) is 37.3 Å². The first kappa shape index (κ1) is 22.7. The Bertz CT molecular complexity index is 1040. The van der Waals surface area contributed by atoms with Gasteiger partial charge in [-0.2, -0.15) is 4.31 Å². The van der Waals surface area contributed by atoms with Gasteiger partial charge in [0.05, 0.1) is 17.4 Å². The lowest BCUT2D eigenvalue weighted by Crippen LogP contribution is -2.50. The molecule has 31 heavy (non-hydrogen) atoms. The second kappa shape index (κ2) is 9.88. The fourth-order valence-corrected chi connectivity index (χ4v) is 4.86. The SMILES string of the molecule is CCOc1ncccc1C(=O)NNC(=O)[C@H]1CCCN(S(=O)(=O)c2ccc(C)cc2)C1. The van der Waals surface area contributed by atoms with E-state index in [0.29, 0.717) is 26.0 Å². The normalized spacial score (nSPS) is 17.0. The molecule has 2 heterocycles. The molecule has 1 atom stereocenters. The quantitative estimate of drug-likeness (QED) is 0.652. The number of rotatable bonds is 6. The molecule has 2 aromatic rings. The summed E-state index contributed by atoms with van der Waals surface area (Å²) < 4.78 is 32.5. The molecular formula is C21H26N4O5S. The van der Waals surface area contributed by atoms with E-state index in [0.717, 1.165) is 5.56 Å². The number of aromatic nitrogens is 1. The molecule has 3 rings (SSSR count). The van der Waals surface area contributed by atoms with Crippen molar-refractivity contribution in [2.45, 2.75) is 31.6 Å². The summed E-state index contributed by atoms with van der Waals surface area (Å²) in [6.45, 7) is 4.40. The topological polar surface area (TPSA) is 118 Å². The van der Waals surface area contributed by atoms with Gasteiger partial charge in [0, 0.05) is 19.3 Å². The summed E-state index contributed by atoms with van der Waals surface area (Å²) in [7, 11) is -3.69. The van der Waals surface area contributed by atoms with Crippen molar-refractivity contribution in [2.75, 3.05) is 19.7 Å². The fraction of sp³-hybridized carbons (Fsp3) is 0.381. The van der Waals surface area contributed by atoms with Crippen LogP contribution in [0.15, 0.2) is 47.5 Å². The zero-order valence-corrected chi connectivity index (χ0v) is 18.3. The van der Waals surface area contributed by atoms with Crippen molar-refractivity contribution in [1.29, 1.82) is 0 Å². The lowest BCUT2D eigenvalue weighted by atomic mass is 9.99. The van der Waals surface area contributed by atoms with Crippen molar-refractivity contribution >= 4 is 21.8 Å². The second-order valence-electron chi connectivity index (χ2n) is 7.25. The van der Waals surface area contributed by atoms with Crippen molar-refractivity contribution < 1.29 is 22.7 Å². The molecule has 0 aliphatic carbocycles. The number of carbonyl (C=O) groups excluding carboxylic acids is 2. The molecule has 0 spiro atoms. The molecule has 1 fully saturated rings. The standard InChI is InChI=1S/C21H26N4O5S/c1-3-30-21-18(7-4-12-22-21)20(27)24-23-19(26)16-6-5-13-25(14-16)31(28,29)17-10-8-15(2)9-11-17/h4,7-12,16H,3,5-6,13-14H2,1-2H3,(H,23,26)(H,24,27)/t16-/m0/s1. The Labute approximate surface area is 181 Å². The summed E-state index contributed by atoms with van der Waals surface area (Å²) in [5, 5.41) is 0. The zero-order chi connectivity index (χ0) is 22.4. The van der Waals surface area contributed by atoms with E-state index >= 15 is 0 Å². The van der Waals surface area contributed by atoms with Crippen molar-refractivity contribution in [3.63, 3.8) is 0 Å². The van der Waals surface area contributed by atoms with Crippen LogP contribution in [0.5, 0.6) is 5.88 Å². The highest BCUT2D eigenvalue weighted by Crippen LogP contribution is 2.24. The Kier molecular flexibility index (Phi) is 7.24. The number of hydrogen-bond donors (Lipinski definition) is 2. The zero-order valence-electron chi connectivity index (χ0n) is 17.5. The van der Waals surface area contributed by atoms with Crippen LogP contribution in [0.4, 0.5) is 0 Å². The third kappa shape index (κ3) is 5.39. The second-order valence-corrected chi connectivity index (χ2v) is 9.19. The largest absolute Gasteiger partial charge is 0.477 e. The Hall–Kier alpha value is -2.98. The maximum atomic E-state index is 12.9. The van der Waals surface area contributed by atoms with Crippen LogP contribution >= 0.6 is 0 Å². The first-order chi connectivity index (χ1) is 14.8. The van der Waals surface area contributed by atoms with Gasteiger partial charge in [-0.15, -0.1) is 0 Å². The minimum atomic E-state index is -3.69. The molecule has 166 valence electrons. The van der Waals surface area contributed by atoms with Crippen LogP contribution in [0.2, 0.25) is 0 Å². The number of sulfonamides is 1. The van der Waals surface area contributed by atoms with Crippen LogP contribution in [-0.4, -0.2) is 49.2 Å². The van der Waals surface area contributed by atoms with Crippen LogP contribution in [0.1, 0.15) is 35.7 Å². The molecule has 9 nitrogen and oxygen atoms in total. The van der Waals surface area contributed by atoms with Gasteiger partial charge in [-0.25, -0.2) is 13.4 Å². The molecule has 2 amide bonds. The summed E-state index contributed by atoms with van der Waals surface area (Å²) in [6, 6.07) is 9.75. The Morgan fingerprint density at radius 3 is 2.65 bits per heavy atom. The minimum absolute atomic E-state index is 0.0506. The number of hydrogen-bond acceptors (Lipinski definition) is 6. The minimum Gasteiger partial charge on any atom is -0.477 e. The van der Waals surface area contributed by atoms with Crippen molar-refractivity contribution in [1.82, 2.24) is 20.1 Å². The van der Waals surface area contributed by atoms with Gasteiger partial charge in [0.25, 0.3) is 5.91 Å². The van der Waals surface area contributed by atoms with Crippen molar-refractivity contribution in [2.24, 2.45) is 5.92 Å².